The van der Waals surface area contributed by atoms with Crippen molar-refractivity contribution in [2.24, 2.45) is 0 Å². The molecule has 0 unspecified atom stereocenters. The number of hydrogen-bond donors (Lipinski definition) is 1. The molecule has 4 heterocycles. The van der Waals surface area contributed by atoms with Gasteiger partial charge in [-0.3, -0.25) is 14.0 Å². The molecule has 1 saturated heterocycles. The molecule has 190 valence electrons. The van der Waals surface area contributed by atoms with Gasteiger partial charge in [-0.1, -0.05) is 12.5 Å². The number of alkyl halides is 2. The maximum atomic E-state index is 14.7. The van der Waals surface area contributed by atoms with Crippen molar-refractivity contribution < 1.29 is 22.7 Å². The van der Waals surface area contributed by atoms with Crippen LogP contribution in [-0.2, 0) is 9.53 Å². The summed E-state index contributed by atoms with van der Waals surface area (Å²) < 4.78 is 48.6. The van der Waals surface area contributed by atoms with Gasteiger partial charge < -0.3 is 15.4 Å². The van der Waals surface area contributed by atoms with E-state index >= 15 is 0 Å². The van der Waals surface area contributed by atoms with E-state index in [4.69, 9.17) is 10.5 Å². The summed E-state index contributed by atoms with van der Waals surface area (Å²) in [6, 6.07) is 3.67. The summed E-state index contributed by atoms with van der Waals surface area (Å²) in [6.45, 7) is 1.47. The Morgan fingerprint density at radius 2 is 2.14 bits per heavy atom. The normalized spacial score (nSPS) is 17.5. The quantitative estimate of drug-likeness (QED) is 0.327. The molecule has 9 nitrogen and oxygen atoms in total. The van der Waals surface area contributed by atoms with E-state index < -0.39 is 12.4 Å². The zero-order valence-corrected chi connectivity index (χ0v) is 19.7. The zero-order chi connectivity index (χ0) is 26.3. The standard InChI is InChI=1S/C25H22F3N7O2/c1-3-22(36)33-11-15(9-16(33)12-37-2)35-20-6-7-30-24(29)23(20)18(32-35)5-4-14-8-19-21(10-17(14)26)34(13-31-19)25(27)28/h3,6-8,10,13,15-16,25H,1,9,11-12H2,2H3,(H2,29,30)/t15-,16+/m0/s1. The van der Waals surface area contributed by atoms with Gasteiger partial charge in [0.2, 0.25) is 5.91 Å². The molecule has 12 heteroatoms. The number of pyridine rings is 1. The predicted octanol–water partition coefficient (Wildman–Crippen LogP) is 3.27. The van der Waals surface area contributed by atoms with E-state index in [2.05, 4.69) is 33.5 Å². The van der Waals surface area contributed by atoms with Crippen molar-refractivity contribution in [2.75, 3.05) is 26.0 Å². The summed E-state index contributed by atoms with van der Waals surface area (Å²) in [7, 11) is 1.57. The molecule has 3 aromatic heterocycles. The molecule has 2 atom stereocenters. The van der Waals surface area contributed by atoms with Crippen molar-refractivity contribution in [2.45, 2.75) is 25.1 Å². The van der Waals surface area contributed by atoms with Crippen LogP contribution in [0.2, 0.25) is 0 Å². The molecule has 2 N–H and O–H groups in total. The Kier molecular flexibility index (Phi) is 6.31. The highest BCUT2D eigenvalue weighted by Gasteiger charge is 2.36. The van der Waals surface area contributed by atoms with E-state index in [1.165, 1.54) is 12.1 Å². The molecular formula is C25H22F3N7O2. The summed E-state index contributed by atoms with van der Waals surface area (Å²) in [4.78, 5) is 22.2. The van der Waals surface area contributed by atoms with E-state index in [0.29, 0.717) is 35.0 Å². The van der Waals surface area contributed by atoms with Crippen LogP contribution in [0.3, 0.4) is 0 Å². The molecule has 0 radical (unpaired) electrons. The van der Waals surface area contributed by atoms with Crippen molar-refractivity contribution in [3.63, 3.8) is 0 Å². The van der Waals surface area contributed by atoms with Crippen molar-refractivity contribution >= 4 is 33.7 Å². The summed E-state index contributed by atoms with van der Waals surface area (Å²) in [5.41, 5.74) is 7.22. The number of carbonyl (C=O) groups excluding carboxylic acids is 1. The average Bonchev–Trinajstić information content (AvgIpc) is 3.58. The first-order valence-electron chi connectivity index (χ1n) is 11.3. The third kappa shape index (κ3) is 4.27. The Hall–Kier alpha value is -4.37. The number of carbonyl (C=O) groups is 1. The molecule has 5 rings (SSSR count). The maximum Gasteiger partial charge on any atom is 0.320 e. The molecule has 1 amide bonds. The molecule has 1 aliphatic rings. The van der Waals surface area contributed by atoms with Gasteiger partial charge in [0.25, 0.3) is 0 Å². The predicted molar refractivity (Wildman–Crippen MR) is 130 cm³/mol. The fourth-order valence-electron chi connectivity index (χ4n) is 4.71. The minimum Gasteiger partial charge on any atom is -0.383 e. The third-order valence-electron chi connectivity index (χ3n) is 6.39. The molecule has 1 aromatic carbocycles. The maximum absolute atomic E-state index is 14.7. The minimum absolute atomic E-state index is 0.0269. The van der Waals surface area contributed by atoms with Crippen molar-refractivity contribution in [1.29, 1.82) is 0 Å². The first kappa shape index (κ1) is 24.3. The number of aromatic nitrogens is 5. The van der Waals surface area contributed by atoms with Gasteiger partial charge in [-0.2, -0.15) is 13.9 Å². The molecule has 0 aliphatic carbocycles. The number of hydrogen-bond acceptors (Lipinski definition) is 6. The summed E-state index contributed by atoms with van der Waals surface area (Å²) in [5, 5.41) is 5.15. The van der Waals surface area contributed by atoms with Gasteiger partial charge in [0, 0.05) is 25.9 Å². The Bertz CT molecular complexity index is 1580. The number of ether oxygens (including phenoxy) is 1. The number of methoxy groups -OCH3 is 1. The van der Waals surface area contributed by atoms with Gasteiger partial charge >= 0.3 is 6.55 Å². The number of rotatable bonds is 5. The summed E-state index contributed by atoms with van der Waals surface area (Å²) in [6.07, 6.45) is 4.35. The lowest BCUT2D eigenvalue weighted by atomic mass is 10.1. The Labute approximate surface area is 209 Å². The highest BCUT2D eigenvalue weighted by molar-refractivity contribution is 5.93. The van der Waals surface area contributed by atoms with Gasteiger partial charge in [-0.15, -0.1) is 0 Å². The monoisotopic (exact) mass is 509 g/mol. The van der Waals surface area contributed by atoms with Crippen molar-refractivity contribution in [1.82, 2.24) is 29.2 Å². The first-order valence-corrected chi connectivity index (χ1v) is 11.3. The van der Waals surface area contributed by atoms with Crippen LogP contribution < -0.4 is 5.73 Å². The molecular weight excluding hydrogens is 487 g/mol. The smallest absolute Gasteiger partial charge is 0.320 e. The van der Waals surface area contributed by atoms with Crippen LogP contribution in [0.4, 0.5) is 19.0 Å². The SMILES string of the molecule is C=CC(=O)N1C[C@@H](n2nc(C#Cc3cc4ncn(C(F)F)c4cc3F)c3c(N)nccc32)C[C@@H]1COC. The number of nitrogens with zero attached hydrogens (tertiary/aromatic N) is 6. The van der Waals surface area contributed by atoms with Crippen molar-refractivity contribution in [3.8, 4) is 11.8 Å². The summed E-state index contributed by atoms with van der Waals surface area (Å²) in [5.74, 6) is 4.81. The second-order valence-electron chi connectivity index (χ2n) is 8.58. The Morgan fingerprint density at radius 3 is 2.86 bits per heavy atom. The number of nitrogens with two attached hydrogens (primary N) is 1. The van der Waals surface area contributed by atoms with Crippen LogP contribution >= 0.6 is 0 Å². The summed E-state index contributed by atoms with van der Waals surface area (Å²) >= 11 is 0. The highest BCUT2D eigenvalue weighted by Crippen LogP contribution is 2.33. The molecule has 4 aromatic rings. The van der Waals surface area contributed by atoms with Gasteiger partial charge in [0.1, 0.15) is 23.7 Å². The molecule has 37 heavy (non-hydrogen) atoms. The minimum atomic E-state index is -2.84. The Morgan fingerprint density at radius 1 is 1.32 bits per heavy atom. The second kappa shape index (κ2) is 9.59. The van der Waals surface area contributed by atoms with Crippen LogP contribution in [-0.4, -0.2) is 61.4 Å². The van der Waals surface area contributed by atoms with Gasteiger partial charge in [0.05, 0.1) is 46.2 Å². The first-order chi connectivity index (χ1) is 17.8. The number of imidazole rings is 1. The van der Waals surface area contributed by atoms with E-state index in [0.717, 1.165) is 12.4 Å². The van der Waals surface area contributed by atoms with Gasteiger partial charge in [-0.05, 0) is 30.6 Å². The van der Waals surface area contributed by atoms with Crippen LogP contribution in [0.25, 0.3) is 21.9 Å². The highest BCUT2D eigenvalue weighted by atomic mass is 19.3. The van der Waals surface area contributed by atoms with E-state index in [1.807, 2.05) is 0 Å². The lowest BCUT2D eigenvalue weighted by Gasteiger charge is -2.22. The van der Waals surface area contributed by atoms with E-state index in [1.54, 1.807) is 29.0 Å². The van der Waals surface area contributed by atoms with E-state index in [9.17, 15) is 18.0 Å². The fourth-order valence-corrected chi connectivity index (χ4v) is 4.71. The number of anilines is 1. The van der Waals surface area contributed by atoms with Crippen LogP contribution in [0, 0.1) is 17.7 Å². The number of likely N-dealkylation sites (tertiary alicyclic amines) is 1. The third-order valence-corrected chi connectivity index (χ3v) is 6.39. The number of halogens is 3. The van der Waals surface area contributed by atoms with Crippen LogP contribution in [0.1, 0.15) is 30.3 Å². The lowest BCUT2D eigenvalue weighted by molar-refractivity contribution is -0.127. The molecule has 0 saturated carbocycles. The van der Waals surface area contributed by atoms with Crippen LogP contribution in [0.5, 0.6) is 0 Å². The lowest BCUT2D eigenvalue weighted by Crippen LogP contribution is -2.37. The molecule has 1 fully saturated rings. The zero-order valence-electron chi connectivity index (χ0n) is 19.7. The number of nitrogen functional groups attached to an aromatic ring is 1. The van der Waals surface area contributed by atoms with E-state index in [-0.39, 0.29) is 46.1 Å². The fraction of sp³-hybridized carbons (Fsp3) is 0.280. The second-order valence-corrected chi connectivity index (χ2v) is 8.58. The largest absolute Gasteiger partial charge is 0.383 e. The van der Waals surface area contributed by atoms with Gasteiger partial charge in [-0.25, -0.2) is 14.4 Å². The molecule has 0 bridgehead atoms. The van der Waals surface area contributed by atoms with Crippen LogP contribution in [0.15, 0.2) is 43.4 Å². The number of fused-ring (bicyclic) bond motifs is 2. The number of benzene rings is 1. The van der Waals surface area contributed by atoms with Crippen molar-refractivity contribution in [3.05, 3.63) is 60.5 Å². The number of amides is 1. The van der Waals surface area contributed by atoms with Gasteiger partial charge in [0.15, 0.2) is 0 Å². The average molecular weight is 509 g/mol. The topological polar surface area (TPSA) is 104 Å². The molecule has 0 spiro atoms. The Balaban J connectivity index is 1.56. The molecule has 1 aliphatic heterocycles.